The lowest BCUT2D eigenvalue weighted by molar-refractivity contribution is -0.138. The Balaban J connectivity index is 1.55. The molecule has 0 radical (unpaired) electrons. The van der Waals surface area contributed by atoms with Crippen LogP contribution < -0.4 is 0 Å². The van der Waals surface area contributed by atoms with E-state index in [-0.39, 0.29) is 11.9 Å². The first kappa shape index (κ1) is 16.7. The van der Waals surface area contributed by atoms with Crippen LogP contribution in [0.25, 0.3) is 0 Å². The number of carboxylic acid groups (broad SMARTS) is 1. The van der Waals surface area contributed by atoms with Crippen LogP contribution in [-0.2, 0) is 16.1 Å². The van der Waals surface area contributed by atoms with Crippen LogP contribution in [0.2, 0.25) is 0 Å². The zero-order valence-electron chi connectivity index (χ0n) is 13.4. The van der Waals surface area contributed by atoms with Crippen molar-refractivity contribution in [3.05, 3.63) is 35.9 Å². The van der Waals surface area contributed by atoms with Gasteiger partial charge in [0.25, 0.3) is 5.91 Å². The summed E-state index contributed by atoms with van der Waals surface area (Å²) in [6.45, 7) is 1.52. The molecule has 2 aliphatic heterocycles. The number of benzene rings is 1. The van der Waals surface area contributed by atoms with Gasteiger partial charge in [-0.3, -0.25) is 4.79 Å². The molecule has 2 atom stereocenters. The van der Waals surface area contributed by atoms with Crippen LogP contribution in [0, 0.1) is 0 Å². The van der Waals surface area contributed by atoms with Crippen molar-refractivity contribution in [2.45, 2.75) is 37.7 Å². The molecule has 2 aliphatic rings. The first-order valence-corrected chi connectivity index (χ1v) is 8.18. The van der Waals surface area contributed by atoms with Crippen molar-refractivity contribution in [3.63, 3.8) is 0 Å². The molecular weight excluding hydrogens is 312 g/mol. The topological polar surface area (TPSA) is 90.3 Å². The Morgan fingerprint density at radius 3 is 2.50 bits per heavy atom. The summed E-state index contributed by atoms with van der Waals surface area (Å²) in [6.07, 6.45) is -1.43. The molecule has 1 aromatic carbocycles. The van der Waals surface area contributed by atoms with Gasteiger partial charge < -0.3 is 24.7 Å². The quantitative estimate of drug-likeness (QED) is 0.854. The number of carbonyl (C=O) groups excluding carboxylic acids is 1. The van der Waals surface area contributed by atoms with Crippen LogP contribution in [0.15, 0.2) is 30.3 Å². The normalized spacial score (nSPS) is 25.3. The van der Waals surface area contributed by atoms with Gasteiger partial charge in [0.2, 0.25) is 0 Å². The fraction of sp³-hybridized carbons (Fsp3) is 0.529. The van der Waals surface area contributed by atoms with Crippen LogP contribution in [0.4, 0.5) is 4.79 Å². The summed E-state index contributed by atoms with van der Waals surface area (Å²) in [5.41, 5.74) is 0.991. The number of ether oxygens (including phenoxy) is 1. The predicted octanol–water partition coefficient (Wildman–Crippen LogP) is 0.917. The number of hydrogen-bond donors (Lipinski definition) is 2. The van der Waals surface area contributed by atoms with Crippen molar-refractivity contribution in [1.82, 2.24) is 9.80 Å². The third-order valence-electron chi connectivity index (χ3n) is 4.75. The first-order valence-electron chi connectivity index (χ1n) is 8.18. The molecule has 2 N–H and O–H groups in total. The number of amides is 2. The van der Waals surface area contributed by atoms with E-state index in [0.717, 1.165) is 5.56 Å². The molecule has 24 heavy (non-hydrogen) atoms. The maximum absolute atomic E-state index is 12.3. The highest BCUT2D eigenvalue weighted by atomic mass is 16.5. The molecule has 7 heteroatoms. The Hall–Kier alpha value is -2.12. The van der Waals surface area contributed by atoms with Gasteiger partial charge in [0.05, 0.1) is 13.2 Å². The summed E-state index contributed by atoms with van der Waals surface area (Å²) >= 11 is 0. The molecule has 2 heterocycles. The Morgan fingerprint density at radius 1 is 1.21 bits per heavy atom. The molecular formula is C17H22N2O5. The molecule has 0 unspecified atom stereocenters. The number of aliphatic hydroxyl groups is 1. The van der Waals surface area contributed by atoms with Crippen molar-refractivity contribution < 1.29 is 24.5 Å². The lowest BCUT2D eigenvalue weighted by Crippen LogP contribution is -2.47. The van der Waals surface area contributed by atoms with Crippen molar-refractivity contribution in [2.75, 3.05) is 19.6 Å². The van der Waals surface area contributed by atoms with Gasteiger partial charge in [0.15, 0.2) is 6.10 Å². The zero-order valence-corrected chi connectivity index (χ0v) is 13.4. The van der Waals surface area contributed by atoms with E-state index in [1.807, 2.05) is 30.3 Å². The number of piperidine rings is 1. The fourth-order valence-electron chi connectivity index (χ4n) is 3.33. The highest BCUT2D eigenvalue weighted by molar-refractivity contribution is 5.84. The van der Waals surface area contributed by atoms with E-state index in [4.69, 9.17) is 9.84 Å². The second-order valence-electron chi connectivity index (χ2n) is 6.27. The molecule has 2 fully saturated rings. The monoisotopic (exact) mass is 334 g/mol. The molecule has 0 aromatic heterocycles. The smallest absolute Gasteiger partial charge is 0.407 e. The average molecular weight is 334 g/mol. The summed E-state index contributed by atoms with van der Waals surface area (Å²) in [4.78, 5) is 26.3. The SMILES string of the molecule is O=C(O)N1CCC(N2C[C@H](OCc3ccccc3)[C@@H](O)C2=O)CC1. The molecule has 0 saturated carbocycles. The van der Waals surface area contributed by atoms with Gasteiger partial charge in [-0.25, -0.2) is 4.79 Å². The Kier molecular flexibility index (Phi) is 5.01. The second kappa shape index (κ2) is 7.19. The van der Waals surface area contributed by atoms with Crippen LogP contribution in [0.3, 0.4) is 0 Å². The molecule has 2 amide bonds. The minimum atomic E-state index is -1.15. The van der Waals surface area contributed by atoms with Crippen molar-refractivity contribution in [2.24, 2.45) is 0 Å². The number of likely N-dealkylation sites (tertiary alicyclic amines) is 2. The van der Waals surface area contributed by atoms with E-state index in [0.29, 0.717) is 39.1 Å². The summed E-state index contributed by atoms with van der Waals surface area (Å²) in [5.74, 6) is -0.318. The van der Waals surface area contributed by atoms with Gasteiger partial charge in [-0.2, -0.15) is 0 Å². The summed E-state index contributed by atoms with van der Waals surface area (Å²) in [5, 5.41) is 19.1. The highest BCUT2D eigenvalue weighted by Crippen LogP contribution is 2.25. The average Bonchev–Trinajstić information content (AvgIpc) is 2.89. The van der Waals surface area contributed by atoms with Gasteiger partial charge >= 0.3 is 6.09 Å². The molecule has 1 aromatic rings. The predicted molar refractivity (Wildman–Crippen MR) is 85.4 cm³/mol. The van der Waals surface area contributed by atoms with Crippen molar-refractivity contribution in [3.8, 4) is 0 Å². The van der Waals surface area contributed by atoms with Crippen molar-refractivity contribution >= 4 is 12.0 Å². The van der Waals surface area contributed by atoms with Gasteiger partial charge in [-0.05, 0) is 18.4 Å². The molecule has 3 rings (SSSR count). The van der Waals surface area contributed by atoms with E-state index in [1.165, 1.54) is 4.90 Å². The minimum absolute atomic E-state index is 0.0342. The number of nitrogens with zero attached hydrogens (tertiary/aromatic N) is 2. The number of rotatable bonds is 4. The third kappa shape index (κ3) is 3.52. The summed E-state index contributed by atoms with van der Waals surface area (Å²) < 4.78 is 5.74. The lowest BCUT2D eigenvalue weighted by atomic mass is 10.0. The molecule has 130 valence electrons. The van der Waals surface area contributed by atoms with Gasteiger partial charge in [-0.1, -0.05) is 30.3 Å². The minimum Gasteiger partial charge on any atom is -0.465 e. The van der Waals surface area contributed by atoms with Gasteiger partial charge in [-0.15, -0.1) is 0 Å². The first-order chi connectivity index (χ1) is 11.6. The van der Waals surface area contributed by atoms with E-state index in [2.05, 4.69) is 0 Å². The molecule has 0 aliphatic carbocycles. The van der Waals surface area contributed by atoms with E-state index in [9.17, 15) is 14.7 Å². The fourth-order valence-corrected chi connectivity index (χ4v) is 3.33. The largest absolute Gasteiger partial charge is 0.465 e. The lowest BCUT2D eigenvalue weighted by Gasteiger charge is -2.35. The van der Waals surface area contributed by atoms with Crippen molar-refractivity contribution in [1.29, 1.82) is 0 Å². The van der Waals surface area contributed by atoms with Crippen LogP contribution in [0.5, 0.6) is 0 Å². The summed E-state index contributed by atoms with van der Waals surface area (Å²) in [7, 11) is 0. The van der Waals surface area contributed by atoms with Gasteiger partial charge in [0.1, 0.15) is 6.10 Å². The highest BCUT2D eigenvalue weighted by Gasteiger charge is 2.43. The Bertz CT molecular complexity index is 586. The maximum atomic E-state index is 12.3. The van der Waals surface area contributed by atoms with Gasteiger partial charge in [0, 0.05) is 19.1 Å². The summed E-state index contributed by atoms with van der Waals surface area (Å²) in [6, 6.07) is 9.58. The number of hydrogen-bond acceptors (Lipinski definition) is 4. The zero-order chi connectivity index (χ0) is 17.1. The third-order valence-corrected chi connectivity index (χ3v) is 4.75. The number of carbonyl (C=O) groups is 2. The van der Waals surface area contributed by atoms with Crippen LogP contribution >= 0.6 is 0 Å². The van der Waals surface area contributed by atoms with Crippen LogP contribution in [0.1, 0.15) is 18.4 Å². The standard InChI is InChI=1S/C17H22N2O5/c20-15-14(24-11-12-4-2-1-3-5-12)10-19(16(15)21)13-6-8-18(9-7-13)17(22)23/h1-5,13-15,20H,6-11H2,(H,22,23)/t14-,15+/m0/s1. The molecule has 2 saturated heterocycles. The van der Waals surface area contributed by atoms with E-state index >= 15 is 0 Å². The second-order valence-corrected chi connectivity index (χ2v) is 6.27. The molecule has 0 bridgehead atoms. The Morgan fingerprint density at radius 2 is 1.88 bits per heavy atom. The maximum Gasteiger partial charge on any atom is 0.407 e. The Labute approximate surface area is 140 Å². The van der Waals surface area contributed by atoms with Crippen LogP contribution in [-0.4, -0.2) is 69.9 Å². The van der Waals surface area contributed by atoms with E-state index in [1.54, 1.807) is 4.90 Å². The van der Waals surface area contributed by atoms with E-state index < -0.39 is 18.3 Å². The number of aliphatic hydroxyl groups excluding tert-OH is 1. The molecule has 0 spiro atoms. The molecule has 7 nitrogen and oxygen atoms in total.